The quantitative estimate of drug-likeness (QED) is 0.364. The first kappa shape index (κ1) is 9.79. The summed E-state index contributed by atoms with van der Waals surface area (Å²) >= 11 is 0. The maximum absolute atomic E-state index is 11.5. The standard InChI is InChI=1S/C10H10O5/c11-4-1-5-9(6(12)2-4)7(13)3-8(14)10(5)15/h3-4,11,13-15H,1-2H2. The van der Waals surface area contributed by atoms with Crippen molar-refractivity contribution in [3.05, 3.63) is 17.2 Å². The third-order valence-electron chi connectivity index (χ3n) is 2.50. The number of fused-ring (bicyclic) bond motifs is 1. The van der Waals surface area contributed by atoms with Gasteiger partial charge in [-0.2, -0.15) is 0 Å². The summed E-state index contributed by atoms with van der Waals surface area (Å²) < 4.78 is 0. The van der Waals surface area contributed by atoms with Gasteiger partial charge in [-0.25, -0.2) is 0 Å². The second-order valence-corrected chi connectivity index (χ2v) is 3.60. The molecule has 0 fully saturated rings. The molecule has 1 aliphatic carbocycles. The fourth-order valence-corrected chi connectivity index (χ4v) is 1.83. The van der Waals surface area contributed by atoms with Crippen LogP contribution in [0.2, 0.25) is 0 Å². The summed E-state index contributed by atoms with van der Waals surface area (Å²) in [6.07, 6.45) is -0.906. The van der Waals surface area contributed by atoms with Crippen LogP contribution < -0.4 is 0 Å². The lowest BCUT2D eigenvalue weighted by Gasteiger charge is -2.21. The fraction of sp³-hybridized carbons (Fsp3) is 0.300. The van der Waals surface area contributed by atoms with E-state index in [0.717, 1.165) is 6.07 Å². The highest BCUT2D eigenvalue weighted by atomic mass is 16.3. The molecule has 0 saturated carbocycles. The summed E-state index contributed by atoms with van der Waals surface area (Å²) in [7, 11) is 0. The molecule has 5 nitrogen and oxygen atoms in total. The average Bonchev–Trinajstić information content (AvgIpc) is 2.12. The Morgan fingerprint density at radius 3 is 2.47 bits per heavy atom. The summed E-state index contributed by atoms with van der Waals surface area (Å²) in [6.45, 7) is 0. The number of phenols is 3. The molecular weight excluding hydrogens is 200 g/mol. The second-order valence-electron chi connectivity index (χ2n) is 3.60. The van der Waals surface area contributed by atoms with Crippen LogP contribution in [0, 0.1) is 0 Å². The second kappa shape index (κ2) is 3.13. The number of ketones is 1. The Balaban J connectivity index is 2.69. The van der Waals surface area contributed by atoms with Crippen molar-refractivity contribution in [2.75, 3.05) is 0 Å². The lowest BCUT2D eigenvalue weighted by atomic mass is 9.87. The molecule has 4 N–H and O–H groups in total. The van der Waals surface area contributed by atoms with Crippen LogP contribution in [0.25, 0.3) is 0 Å². The van der Waals surface area contributed by atoms with Crippen molar-refractivity contribution in [1.29, 1.82) is 0 Å². The van der Waals surface area contributed by atoms with Gasteiger partial charge in [-0.05, 0) is 0 Å². The van der Waals surface area contributed by atoms with Gasteiger partial charge < -0.3 is 20.4 Å². The molecule has 1 aliphatic rings. The minimum absolute atomic E-state index is 0.00407. The molecule has 0 saturated heterocycles. The van der Waals surface area contributed by atoms with Crippen LogP contribution in [0.15, 0.2) is 6.07 Å². The summed E-state index contributed by atoms with van der Waals surface area (Å²) in [4.78, 5) is 11.5. The third-order valence-corrected chi connectivity index (χ3v) is 2.50. The zero-order chi connectivity index (χ0) is 11.2. The predicted molar refractivity (Wildman–Crippen MR) is 50.1 cm³/mol. The van der Waals surface area contributed by atoms with Crippen molar-refractivity contribution in [3.63, 3.8) is 0 Å². The Labute approximate surface area is 85.2 Å². The smallest absolute Gasteiger partial charge is 0.169 e. The largest absolute Gasteiger partial charge is 0.507 e. The van der Waals surface area contributed by atoms with Crippen LogP contribution in [-0.2, 0) is 6.42 Å². The summed E-state index contributed by atoms with van der Waals surface area (Å²) in [5, 5.41) is 37.5. The highest BCUT2D eigenvalue weighted by Gasteiger charge is 2.30. The molecule has 0 aromatic heterocycles. The molecule has 80 valence electrons. The number of aliphatic hydroxyl groups is 1. The molecule has 2 rings (SSSR count). The van der Waals surface area contributed by atoms with E-state index in [2.05, 4.69) is 0 Å². The maximum Gasteiger partial charge on any atom is 0.169 e. The number of hydrogen-bond acceptors (Lipinski definition) is 5. The topological polar surface area (TPSA) is 98.0 Å². The first-order valence-electron chi connectivity index (χ1n) is 4.48. The van der Waals surface area contributed by atoms with Crippen LogP contribution in [0.4, 0.5) is 0 Å². The Bertz CT molecular complexity index is 438. The number of carbonyl (C=O) groups is 1. The molecule has 0 spiro atoms. The van der Waals surface area contributed by atoms with E-state index < -0.39 is 23.4 Å². The van der Waals surface area contributed by atoms with E-state index in [0.29, 0.717) is 0 Å². The number of rotatable bonds is 0. The van der Waals surface area contributed by atoms with Gasteiger partial charge in [0.15, 0.2) is 17.3 Å². The third kappa shape index (κ3) is 1.41. The monoisotopic (exact) mass is 210 g/mol. The first-order chi connectivity index (χ1) is 7.00. The maximum atomic E-state index is 11.5. The highest BCUT2D eigenvalue weighted by molar-refractivity contribution is 6.02. The van der Waals surface area contributed by atoms with Gasteiger partial charge in [0, 0.05) is 24.5 Å². The number of benzene rings is 1. The van der Waals surface area contributed by atoms with Gasteiger partial charge in [0.2, 0.25) is 0 Å². The molecule has 0 amide bonds. The normalized spacial score (nSPS) is 20.1. The number of aromatic hydroxyl groups is 3. The minimum Gasteiger partial charge on any atom is -0.507 e. The lowest BCUT2D eigenvalue weighted by molar-refractivity contribution is 0.0847. The zero-order valence-electron chi connectivity index (χ0n) is 7.77. The van der Waals surface area contributed by atoms with Crippen molar-refractivity contribution < 1.29 is 25.2 Å². The summed E-state index contributed by atoms with van der Waals surface area (Å²) in [5.41, 5.74) is 0.104. The van der Waals surface area contributed by atoms with Crippen LogP contribution in [0.5, 0.6) is 17.2 Å². The summed E-state index contributed by atoms with van der Waals surface area (Å²) in [5.74, 6) is -1.74. The van der Waals surface area contributed by atoms with E-state index in [1.54, 1.807) is 0 Å². The van der Waals surface area contributed by atoms with Gasteiger partial charge in [-0.3, -0.25) is 4.79 Å². The lowest BCUT2D eigenvalue weighted by Crippen LogP contribution is -2.24. The van der Waals surface area contributed by atoms with Crippen LogP contribution >= 0.6 is 0 Å². The number of Topliss-reactive ketones (excluding diaryl/α,β-unsaturated/α-hetero) is 1. The number of carbonyl (C=O) groups excluding carboxylic acids is 1. The Hall–Kier alpha value is -1.75. The van der Waals surface area contributed by atoms with E-state index >= 15 is 0 Å². The molecule has 1 atom stereocenters. The molecule has 1 aromatic carbocycles. The number of phenolic OH excluding ortho intramolecular Hbond substituents is 3. The van der Waals surface area contributed by atoms with Crippen molar-refractivity contribution in [3.8, 4) is 17.2 Å². The van der Waals surface area contributed by atoms with E-state index in [1.807, 2.05) is 0 Å². The van der Waals surface area contributed by atoms with Gasteiger partial charge in [-0.15, -0.1) is 0 Å². The fourth-order valence-electron chi connectivity index (χ4n) is 1.83. The predicted octanol–water partition coefficient (Wildman–Crippen LogP) is 0.293. The van der Waals surface area contributed by atoms with E-state index in [-0.39, 0.29) is 29.7 Å². The van der Waals surface area contributed by atoms with Crippen molar-refractivity contribution in [1.82, 2.24) is 0 Å². The zero-order valence-corrected chi connectivity index (χ0v) is 7.77. The van der Waals surface area contributed by atoms with Crippen molar-refractivity contribution in [2.24, 2.45) is 0 Å². The Kier molecular flexibility index (Phi) is 2.04. The SMILES string of the molecule is O=C1CC(O)Cc2c(O)c(O)cc(O)c21. The van der Waals surface area contributed by atoms with E-state index in [9.17, 15) is 25.2 Å². The first-order valence-corrected chi connectivity index (χ1v) is 4.48. The van der Waals surface area contributed by atoms with Crippen LogP contribution in [0.3, 0.4) is 0 Å². The summed E-state index contributed by atoms with van der Waals surface area (Å²) in [6, 6.07) is 0.920. The van der Waals surface area contributed by atoms with Gasteiger partial charge in [0.25, 0.3) is 0 Å². The van der Waals surface area contributed by atoms with E-state index in [1.165, 1.54) is 0 Å². The number of aliphatic hydroxyl groups excluding tert-OH is 1. The molecular formula is C10H10O5. The molecule has 15 heavy (non-hydrogen) atoms. The molecule has 1 aromatic rings. The molecule has 0 radical (unpaired) electrons. The van der Waals surface area contributed by atoms with Crippen molar-refractivity contribution in [2.45, 2.75) is 18.9 Å². The van der Waals surface area contributed by atoms with Gasteiger partial charge >= 0.3 is 0 Å². The molecule has 1 unspecified atom stereocenters. The Morgan fingerprint density at radius 1 is 1.13 bits per heavy atom. The molecule has 0 heterocycles. The molecule has 0 aliphatic heterocycles. The van der Waals surface area contributed by atoms with Gasteiger partial charge in [-0.1, -0.05) is 0 Å². The van der Waals surface area contributed by atoms with Crippen molar-refractivity contribution >= 4 is 5.78 Å². The number of hydrogen-bond donors (Lipinski definition) is 4. The van der Waals surface area contributed by atoms with Gasteiger partial charge in [0.05, 0.1) is 11.7 Å². The van der Waals surface area contributed by atoms with Crippen LogP contribution in [0.1, 0.15) is 22.3 Å². The van der Waals surface area contributed by atoms with Crippen LogP contribution in [-0.4, -0.2) is 32.3 Å². The average molecular weight is 210 g/mol. The van der Waals surface area contributed by atoms with E-state index in [4.69, 9.17) is 0 Å². The molecule has 5 heteroatoms. The molecule has 0 bridgehead atoms. The minimum atomic E-state index is -0.878. The van der Waals surface area contributed by atoms with Gasteiger partial charge in [0.1, 0.15) is 5.75 Å². The highest BCUT2D eigenvalue weighted by Crippen LogP contribution is 2.41. The Morgan fingerprint density at radius 2 is 1.80 bits per heavy atom.